The summed E-state index contributed by atoms with van der Waals surface area (Å²) in [6, 6.07) is 0. The van der Waals surface area contributed by atoms with E-state index in [-0.39, 0.29) is 0 Å². The third-order valence-corrected chi connectivity index (χ3v) is 4.15. The number of hydrogen-bond acceptors (Lipinski definition) is 0. The summed E-state index contributed by atoms with van der Waals surface area (Å²) in [7, 11) is 0. The summed E-state index contributed by atoms with van der Waals surface area (Å²) in [6.45, 7) is 0. The minimum Gasteiger partial charge on any atom is -0.203 e. The monoisotopic (exact) mass is 602 g/mol. The maximum Gasteiger partial charge on any atom is 0.385 e. The van der Waals surface area contributed by atoms with Crippen molar-refractivity contribution in [2.24, 2.45) is 0 Å². The van der Waals surface area contributed by atoms with Crippen LogP contribution in [-0.2, 0) is 0 Å². The van der Waals surface area contributed by atoms with Crippen LogP contribution in [0, 0.1) is 0 Å². The molecule has 0 atom stereocenters. The zero-order valence-electron chi connectivity index (χ0n) is 15.2. The molecule has 0 aromatic heterocycles. The second-order valence-corrected chi connectivity index (χ2v) is 6.44. The minimum atomic E-state index is -9.41. The van der Waals surface area contributed by atoms with Crippen LogP contribution in [0.4, 0.5) is 105 Å². The Morgan fingerprint density at radius 1 is 0.222 bits per heavy atom. The fourth-order valence-corrected chi connectivity index (χ4v) is 1.88. The van der Waals surface area contributed by atoms with Gasteiger partial charge in [-0.1, -0.05) is 0 Å². The third-order valence-electron chi connectivity index (χ3n) is 4.15. The van der Waals surface area contributed by atoms with E-state index in [1.165, 1.54) is 0 Å². The Labute approximate surface area is 179 Å². The average molecular weight is 602 g/mol. The Morgan fingerprint density at radius 2 is 0.333 bits per heavy atom. The molecule has 0 aliphatic rings. The van der Waals surface area contributed by atoms with Crippen LogP contribution in [0.1, 0.15) is 0 Å². The second-order valence-electron chi connectivity index (χ2n) is 6.44. The average Bonchev–Trinajstić information content (AvgIpc) is 2.65. The molecule has 0 heterocycles. The van der Waals surface area contributed by atoms with E-state index in [1.54, 1.807) is 0 Å². The molecule has 0 saturated heterocycles. The van der Waals surface area contributed by atoms with E-state index in [9.17, 15) is 105 Å². The molecule has 0 radical (unpaired) electrons. The Kier molecular flexibility index (Phi) is 8.02. The maximum absolute atomic E-state index is 13.3. The molecule has 0 aromatic rings. The van der Waals surface area contributed by atoms with Gasteiger partial charge in [0.15, 0.2) is 0 Å². The lowest BCUT2D eigenvalue weighted by molar-refractivity contribution is -0.473. The van der Waals surface area contributed by atoms with Gasteiger partial charge in [-0.15, -0.1) is 0 Å². The van der Waals surface area contributed by atoms with Crippen molar-refractivity contribution in [3.05, 3.63) is 0 Å². The molecular formula is C12H2F24. The molecule has 24 heteroatoms. The van der Waals surface area contributed by atoms with Crippen molar-refractivity contribution in [3.63, 3.8) is 0 Å². The molecule has 36 heavy (non-hydrogen) atoms. The van der Waals surface area contributed by atoms with E-state index in [0.717, 1.165) is 0 Å². The Bertz CT molecular complexity index is 721. The summed E-state index contributed by atoms with van der Waals surface area (Å²) in [6.07, 6.45) is -12.5. The second kappa shape index (κ2) is 8.41. The summed E-state index contributed by atoms with van der Waals surface area (Å²) < 4.78 is 308. The highest BCUT2D eigenvalue weighted by molar-refractivity contribution is 5.18. The van der Waals surface area contributed by atoms with Gasteiger partial charge in [-0.3, -0.25) is 0 Å². The van der Waals surface area contributed by atoms with E-state index >= 15 is 0 Å². The van der Waals surface area contributed by atoms with Gasteiger partial charge >= 0.3 is 72.1 Å². The molecule has 218 valence electrons. The maximum atomic E-state index is 13.3. The van der Waals surface area contributed by atoms with Crippen molar-refractivity contribution in [2.75, 3.05) is 0 Å². The Balaban J connectivity index is 7.16. The van der Waals surface area contributed by atoms with Gasteiger partial charge in [-0.2, -0.15) is 87.8 Å². The van der Waals surface area contributed by atoms with E-state index in [1.807, 2.05) is 0 Å². The molecular weight excluding hydrogens is 600 g/mol. The lowest BCUT2D eigenvalue weighted by Crippen LogP contribution is -2.77. The van der Waals surface area contributed by atoms with Crippen LogP contribution >= 0.6 is 0 Å². The molecule has 0 unspecified atom stereocenters. The standard InChI is InChI=1S/C12H2F24/c13-1(14)3(17,18)5(21,22)7(25,26)9(29,30)11(33,34)12(35,36)10(31,32)8(27,28)6(23,24)4(19,20)2(15)16/h1-2H. The molecule has 0 spiro atoms. The molecule has 0 aromatic carbocycles. The van der Waals surface area contributed by atoms with Crippen LogP contribution in [0.25, 0.3) is 0 Å². The lowest BCUT2D eigenvalue weighted by atomic mass is 9.85. The van der Waals surface area contributed by atoms with Gasteiger partial charge in [0, 0.05) is 0 Å². The number of hydrogen-bond donors (Lipinski definition) is 0. The Hall–Kier alpha value is -1.68. The third kappa shape index (κ3) is 3.80. The highest BCUT2D eigenvalue weighted by Crippen LogP contribution is 2.66. The quantitative estimate of drug-likeness (QED) is 0.211. The molecule has 0 rings (SSSR count). The van der Waals surface area contributed by atoms with Crippen LogP contribution in [0.15, 0.2) is 0 Å². The van der Waals surface area contributed by atoms with E-state index in [0.29, 0.717) is 0 Å². The number of alkyl halides is 24. The SMILES string of the molecule is FC(F)C(F)(F)C(F)(F)C(F)(F)C(F)(F)C(F)(F)C(F)(F)C(F)(F)C(F)(F)C(F)(F)C(F)(F)C(F)F. The van der Waals surface area contributed by atoms with Crippen molar-refractivity contribution in [2.45, 2.75) is 72.1 Å². The first kappa shape index (κ1) is 34.3. The molecule has 0 aliphatic heterocycles. The largest absolute Gasteiger partial charge is 0.385 e. The van der Waals surface area contributed by atoms with Crippen molar-refractivity contribution in [1.29, 1.82) is 0 Å². The van der Waals surface area contributed by atoms with Crippen molar-refractivity contribution in [3.8, 4) is 0 Å². The summed E-state index contributed by atoms with van der Waals surface area (Å²) in [5, 5.41) is 0. The number of rotatable bonds is 11. The van der Waals surface area contributed by atoms with E-state index in [4.69, 9.17) is 0 Å². The Morgan fingerprint density at radius 3 is 0.444 bits per heavy atom. The van der Waals surface area contributed by atoms with E-state index < -0.39 is 72.1 Å². The first-order valence-electron chi connectivity index (χ1n) is 7.48. The molecule has 0 amide bonds. The fraction of sp³-hybridized carbons (Fsp3) is 1.00. The molecule has 0 fully saturated rings. The fourth-order valence-electron chi connectivity index (χ4n) is 1.88. The summed E-state index contributed by atoms with van der Waals surface area (Å²) >= 11 is 0. The van der Waals surface area contributed by atoms with Gasteiger partial charge in [-0.25, -0.2) is 17.6 Å². The van der Waals surface area contributed by atoms with Gasteiger partial charge in [0.1, 0.15) is 0 Å². The number of halogens is 24. The lowest BCUT2D eigenvalue weighted by Gasteiger charge is -2.45. The van der Waals surface area contributed by atoms with Crippen LogP contribution in [0.3, 0.4) is 0 Å². The topological polar surface area (TPSA) is 0 Å². The van der Waals surface area contributed by atoms with Crippen molar-refractivity contribution >= 4 is 0 Å². The summed E-state index contributed by atoms with van der Waals surface area (Å²) in [5.74, 6) is -88.6. The van der Waals surface area contributed by atoms with Gasteiger partial charge in [0.25, 0.3) is 0 Å². The summed E-state index contributed by atoms with van der Waals surface area (Å²) in [5.41, 5.74) is 0. The van der Waals surface area contributed by atoms with Crippen LogP contribution < -0.4 is 0 Å². The van der Waals surface area contributed by atoms with Gasteiger partial charge in [0.05, 0.1) is 0 Å². The normalized spacial score (nSPS) is 16.8. The predicted octanol–water partition coefficient (Wildman–Crippen LogP) is 7.87. The first-order chi connectivity index (χ1) is 15.1. The molecule has 0 bridgehead atoms. The predicted molar refractivity (Wildman–Crippen MR) is 61.5 cm³/mol. The molecule has 0 nitrogen and oxygen atoms in total. The van der Waals surface area contributed by atoms with Crippen molar-refractivity contribution < 1.29 is 105 Å². The highest BCUT2D eigenvalue weighted by Gasteiger charge is 2.98. The van der Waals surface area contributed by atoms with Crippen LogP contribution in [0.2, 0.25) is 0 Å². The smallest absolute Gasteiger partial charge is 0.203 e. The van der Waals surface area contributed by atoms with Crippen molar-refractivity contribution in [1.82, 2.24) is 0 Å². The van der Waals surface area contributed by atoms with Gasteiger partial charge in [0.2, 0.25) is 0 Å². The van der Waals surface area contributed by atoms with E-state index in [2.05, 4.69) is 0 Å². The van der Waals surface area contributed by atoms with Gasteiger partial charge in [-0.05, 0) is 0 Å². The van der Waals surface area contributed by atoms with Crippen LogP contribution in [-0.4, -0.2) is 72.1 Å². The van der Waals surface area contributed by atoms with Crippen LogP contribution in [0.5, 0.6) is 0 Å². The zero-order chi connectivity index (χ0) is 30.2. The molecule has 0 saturated carbocycles. The molecule has 0 aliphatic carbocycles. The highest BCUT2D eigenvalue weighted by atomic mass is 19.4. The molecule has 0 N–H and O–H groups in total. The zero-order valence-corrected chi connectivity index (χ0v) is 15.2. The van der Waals surface area contributed by atoms with Gasteiger partial charge < -0.3 is 0 Å². The minimum absolute atomic E-state index is 6.23. The first-order valence-corrected chi connectivity index (χ1v) is 7.48. The summed E-state index contributed by atoms with van der Waals surface area (Å²) in [4.78, 5) is 0.